The van der Waals surface area contributed by atoms with Crippen molar-refractivity contribution in [2.75, 3.05) is 6.54 Å². The second-order valence-electron chi connectivity index (χ2n) is 8.02. The zero-order valence-electron chi connectivity index (χ0n) is 16.4. The summed E-state index contributed by atoms with van der Waals surface area (Å²) in [4.78, 5) is 0. The molecular formula is C25H28FNO. The first-order valence-corrected chi connectivity index (χ1v) is 10.3. The average Bonchev–Trinajstić information content (AvgIpc) is 2.72. The fourth-order valence-corrected chi connectivity index (χ4v) is 4.58. The second-order valence-corrected chi connectivity index (χ2v) is 8.02. The van der Waals surface area contributed by atoms with Gasteiger partial charge >= 0.3 is 0 Å². The quantitative estimate of drug-likeness (QED) is 0.540. The number of aliphatic hydroxyl groups is 1. The van der Waals surface area contributed by atoms with Gasteiger partial charge in [-0.3, -0.25) is 0 Å². The lowest BCUT2D eigenvalue weighted by molar-refractivity contribution is 0.128. The molecule has 0 fully saturated rings. The Kier molecular flexibility index (Phi) is 5.74. The minimum atomic E-state index is -0.326. The van der Waals surface area contributed by atoms with Crippen LogP contribution < -0.4 is 5.32 Å². The van der Waals surface area contributed by atoms with Crippen LogP contribution >= 0.6 is 0 Å². The highest BCUT2D eigenvalue weighted by atomic mass is 19.1. The first kappa shape index (κ1) is 19.1. The lowest BCUT2D eigenvalue weighted by Gasteiger charge is -2.28. The number of hydrogen-bond donors (Lipinski definition) is 2. The average molecular weight is 378 g/mol. The molecule has 1 unspecified atom stereocenters. The van der Waals surface area contributed by atoms with Gasteiger partial charge in [0.15, 0.2) is 0 Å². The van der Waals surface area contributed by atoms with Gasteiger partial charge in [-0.15, -0.1) is 0 Å². The van der Waals surface area contributed by atoms with Crippen LogP contribution in [0.3, 0.4) is 0 Å². The maximum absolute atomic E-state index is 14.0. The van der Waals surface area contributed by atoms with E-state index in [0.29, 0.717) is 11.3 Å². The standard InChI is InChI=1S/C25H28FNO/c1-17(20-12-13-24(26)23-11-5-4-10-22(20)23)27-14-6-7-18-15-19-8-2-3-9-21(19)25(28)16-18/h2-5,8-13,17-18,25,27-28H,6-7,14-16H2,1H3/t17-,18-,25?/m1/s1. The number of fused-ring (bicyclic) bond motifs is 2. The van der Waals surface area contributed by atoms with Crippen LogP contribution in [0.15, 0.2) is 60.7 Å². The molecule has 2 N–H and O–H groups in total. The first-order valence-electron chi connectivity index (χ1n) is 10.3. The third-order valence-electron chi connectivity index (χ3n) is 6.09. The van der Waals surface area contributed by atoms with Crippen molar-refractivity contribution < 1.29 is 9.50 Å². The van der Waals surface area contributed by atoms with Crippen molar-refractivity contribution in [2.24, 2.45) is 5.92 Å². The fraction of sp³-hybridized carbons (Fsp3) is 0.360. The molecule has 4 rings (SSSR count). The Balaban J connectivity index is 1.32. The molecule has 2 nitrogen and oxygen atoms in total. The summed E-state index contributed by atoms with van der Waals surface area (Å²) in [6.07, 6.45) is 3.77. The fourth-order valence-electron chi connectivity index (χ4n) is 4.58. The van der Waals surface area contributed by atoms with Gasteiger partial charge in [-0.2, -0.15) is 0 Å². The predicted octanol–water partition coefficient (Wildman–Crippen LogP) is 5.71. The molecule has 1 aliphatic carbocycles. The summed E-state index contributed by atoms with van der Waals surface area (Å²) in [6, 6.07) is 19.6. The zero-order valence-corrected chi connectivity index (χ0v) is 16.4. The van der Waals surface area contributed by atoms with E-state index in [1.165, 1.54) is 5.56 Å². The number of benzene rings is 3. The molecular weight excluding hydrogens is 349 g/mol. The zero-order chi connectivity index (χ0) is 19.5. The van der Waals surface area contributed by atoms with Gasteiger partial charge in [0.05, 0.1) is 6.10 Å². The maximum Gasteiger partial charge on any atom is 0.131 e. The topological polar surface area (TPSA) is 32.3 Å². The molecule has 0 heterocycles. The Morgan fingerprint density at radius 1 is 1.04 bits per heavy atom. The molecule has 0 aromatic heterocycles. The van der Waals surface area contributed by atoms with Crippen molar-refractivity contribution in [3.63, 3.8) is 0 Å². The van der Waals surface area contributed by atoms with Crippen LogP contribution in [0.4, 0.5) is 4.39 Å². The van der Waals surface area contributed by atoms with E-state index in [1.54, 1.807) is 6.07 Å². The van der Waals surface area contributed by atoms with E-state index < -0.39 is 0 Å². The molecule has 28 heavy (non-hydrogen) atoms. The molecule has 3 heteroatoms. The van der Waals surface area contributed by atoms with E-state index in [2.05, 4.69) is 24.4 Å². The van der Waals surface area contributed by atoms with Crippen LogP contribution in [0.2, 0.25) is 0 Å². The SMILES string of the molecule is C[C@@H](NCCC[C@@H]1Cc2ccccc2C(O)C1)c1ccc(F)c2ccccc12. The molecule has 0 amide bonds. The largest absolute Gasteiger partial charge is 0.388 e. The molecule has 0 saturated heterocycles. The predicted molar refractivity (Wildman–Crippen MR) is 113 cm³/mol. The molecule has 0 aliphatic heterocycles. The minimum absolute atomic E-state index is 0.164. The highest BCUT2D eigenvalue weighted by molar-refractivity contribution is 5.86. The van der Waals surface area contributed by atoms with Gasteiger partial charge < -0.3 is 10.4 Å². The summed E-state index contributed by atoms with van der Waals surface area (Å²) in [5.41, 5.74) is 3.54. The smallest absolute Gasteiger partial charge is 0.131 e. The van der Waals surface area contributed by atoms with Crippen molar-refractivity contribution in [2.45, 2.75) is 44.8 Å². The summed E-state index contributed by atoms with van der Waals surface area (Å²) in [5, 5.41) is 15.7. The summed E-state index contributed by atoms with van der Waals surface area (Å²) in [7, 11) is 0. The third kappa shape index (κ3) is 3.96. The Bertz CT molecular complexity index is 954. The Labute approximate surface area is 166 Å². The van der Waals surface area contributed by atoms with E-state index in [0.717, 1.165) is 48.7 Å². The monoisotopic (exact) mass is 377 g/mol. The van der Waals surface area contributed by atoms with Gasteiger partial charge in [-0.25, -0.2) is 4.39 Å². The van der Waals surface area contributed by atoms with Gasteiger partial charge in [0.2, 0.25) is 0 Å². The Hall–Kier alpha value is -2.23. The lowest BCUT2D eigenvalue weighted by atomic mass is 9.80. The molecule has 0 saturated carbocycles. The molecule has 3 atom stereocenters. The number of hydrogen-bond acceptors (Lipinski definition) is 2. The molecule has 146 valence electrons. The van der Waals surface area contributed by atoms with Crippen molar-refractivity contribution in [3.05, 3.63) is 83.2 Å². The number of rotatable bonds is 6. The Morgan fingerprint density at radius 2 is 1.79 bits per heavy atom. The van der Waals surface area contributed by atoms with Gasteiger partial charge in [0.25, 0.3) is 0 Å². The van der Waals surface area contributed by atoms with Crippen LogP contribution in [0.25, 0.3) is 10.8 Å². The number of halogens is 1. The van der Waals surface area contributed by atoms with Crippen LogP contribution in [-0.2, 0) is 6.42 Å². The van der Waals surface area contributed by atoms with Gasteiger partial charge in [-0.1, -0.05) is 54.6 Å². The van der Waals surface area contributed by atoms with Crippen molar-refractivity contribution in [1.82, 2.24) is 5.32 Å². The molecule has 1 aliphatic rings. The van der Waals surface area contributed by atoms with Crippen molar-refractivity contribution >= 4 is 10.8 Å². The van der Waals surface area contributed by atoms with Gasteiger partial charge in [-0.05, 0) is 73.2 Å². The van der Waals surface area contributed by atoms with Gasteiger partial charge in [0, 0.05) is 11.4 Å². The normalized spacial score (nSPS) is 20.1. The minimum Gasteiger partial charge on any atom is -0.388 e. The summed E-state index contributed by atoms with van der Waals surface area (Å²) in [5.74, 6) is 0.372. The first-order chi connectivity index (χ1) is 13.6. The highest BCUT2D eigenvalue weighted by Gasteiger charge is 2.24. The molecule has 3 aromatic carbocycles. The second kappa shape index (κ2) is 8.42. The summed E-state index contributed by atoms with van der Waals surface area (Å²) < 4.78 is 14.0. The van der Waals surface area contributed by atoms with Crippen molar-refractivity contribution in [1.29, 1.82) is 0 Å². The molecule has 0 bridgehead atoms. The highest BCUT2D eigenvalue weighted by Crippen LogP contribution is 2.35. The van der Waals surface area contributed by atoms with E-state index in [1.807, 2.05) is 42.5 Å². The lowest BCUT2D eigenvalue weighted by Crippen LogP contribution is -2.23. The van der Waals surface area contributed by atoms with E-state index >= 15 is 0 Å². The molecule has 0 radical (unpaired) electrons. The Morgan fingerprint density at radius 3 is 2.64 bits per heavy atom. The van der Waals surface area contributed by atoms with Crippen LogP contribution in [0.1, 0.15) is 55.0 Å². The third-order valence-corrected chi connectivity index (χ3v) is 6.09. The van der Waals surface area contributed by atoms with Crippen LogP contribution in [-0.4, -0.2) is 11.7 Å². The van der Waals surface area contributed by atoms with Crippen molar-refractivity contribution in [3.8, 4) is 0 Å². The number of nitrogens with one attached hydrogen (secondary N) is 1. The van der Waals surface area contributed by atoms with E-state index in [-0.39, 0.29) is 18.0 Å². The van der Waals surface area contributed by atoms with E-state index in [9.17, 15) is 9.50 Å². The maximum atomic E-state index is 14.0. The molecule has 0 spiro atoms. The van der Waals surface area contributed by atoms with Gasteiger partial charge in [0.1, 0.15) is 5.82 Å². The van der Waals surface area contributed by atoms with Crippen LogP contribution in [0, 0.1) is 11.7 Å². The molecule has 3 aromatic rings. The summed E-state index contributed by atoms with van der Waals surface area (Å²) in [6.45, 7) is 3.06. The van der Waals surface area contributed by atoms with Crippen LogP contribution in [0.5, 0.6) is 0 Å². The number of aliphatic hydroxyl groups excluding tert-OH is 1. The summed E-state index contributed by atoms with van der Waals surface area (Å²) >= 11 is 0. The van der Waals surface area contributed by atoms with E-state index in [4.69, 9.17) is 0 Å².